The smallest absolute Gasteiger partial charge is 0.272 e. The van der Waals surface area contributed by atoms with Crippen molar-refractivity contribution in [3.05, 3.63) is 60.0 Å². The Kier molecular flexibility index (Phi) is 4.14. The lowest BCUT2D eigenvalue weighted by molar-refractivity contribution is 0.0949. The molecule has 5 heteroatoms. The van der Waals surface area contributed by atoms with Crippen LogP contribution in [0.3, 0.4) is 0 Å². The van der Waals surface area contributed by atoms with Gasteiger partial charge in [0.25, 0.3) is 5.91 Å². The van der Waals surface area contributed by atoms with E-state index in [1.165, 1.54) is 5.56 Å². The molecule has 0 radical (unpaired) electrons. The molecule has 3 aromatic rings. The van der Waals surface area contributed by atoms with Gasteiger partial charge in [0, 0.05) is 31.4 Å². The van der Waals surface area contributed by atoms with Gasteiger partial charge in [-0.15, -0.1) is 0 Å². The minimum atomic E-state index is -0.122. The number of benzene rings is 1. The number of rotatable bonds is 5. The highest BCUT2D eigenvalue weighted by atomic mass is 16.1. The Bertz CT molecular complexity index is 780. The molecule has 0 saturated heterocycles. The summed E-state index contributed by atoms with van der Waals surface area (Å²) in [6.07, 6.45) is 5.39. The van der Waals surface area contributed by atoms with Crippen LogP contribution in [-0.4, -0.2) is 27.2 Å². The van der Waals surface area contributed by atoms with Crippen molar-refractivity contribution in [1.82, 2.24) is 20.1 Å². The number of hydrogen-bond donors (Lipinski definition) is 1. The number of para-hydroxylation sites is 1. The zero-order valence-electron chi connectivity index (χ0n) is 12.5. The average molecular weight is 294 g/mol. The average Bonchev–Trinajstić information content (AvgIpc) is 2.90. The number of carbonyl (C=O) groups excluding carboxylic acids is 1. The van der Waals surface area contributed by atoms with E-state index in [9.17, 15) is 4.79 Å². The molecule has 2 aromatic heterocycles. The Morgan fingerprint density at radius 3 is 2.91 bits per heavy atom. The lowest BCUT2D eigenvalue weighted by atomic mass is 10.1. The number of carbonyl (C=O) groups is 1. The van der Waals surface area contributed by atoms with E-state index in [2.05, 4.69) is 15.4 Å². The maximum atomic E-state index is 12.3. The Balaban J connectivity index is 1.60. The summed E-state index contributed by atoms with van der Waals surface area (Å²) in [5, 5.41) is 8.14. The highest BCUT2D eigenvalue weighted by Gasteiger charge is 2.14. The molecule has 0 atom stereocenters. The monoisotopic (exact) mass is 294 g/mol. The molecule has 1 amide bonds. The summed E-state index contributed by atoms with van der Waals surface area (Å²) in [6, 6.07) is 11.7. The largest absolute Gasteiger partial charge is 0.351 e. The number of amides is 1. The summed E-state index contributed by atoms with van der Waals surface area (Å²) in [7, 11) is 1.85. The minimum Gasteiger partial charge on any atom is -0.351 e. The second-order valence-electron chi connectivity index (χ2n) is 5.21. The van der Waals surface area contributed by atoms with E-state index < -0.39 is 0 Å². The van der Waals surface area contributed by atoms with Gasteiger partial charge in [0.15, 0.2) is 5.69 Å². The van der Waals surface area contributed by atoms with Crippen molar-refractivity contribution in [2.45, 2.75) is 12.8 Å². The Labute approximate surface area is 129 Å². The van der Waals surface area contributed by atoms with Crippen molar-refractivity contribution >= 4 is 16.8 Å². The molecule has 22 heavy (non-hydrogen) atoms. The van der Waals surface area contributed by atoms with Crippen molar-refractivity contribution in [3.8, 4) is 0 Å². The van der Waals surface area contributed by atoms with E-state index in [0.717, 1.165) is 23.7 Å². The molecule has 0 spiro atoms. The van der Waals surface area contributed by atoms with E-state index >= 15 is 0 Å². The second kappa shape index (κ2) is 6.39. The predicted octanol–water partition coefficient (Wildman–Crippen LogP) is 2.33. The van der Waals surface area contributed by atoms with Gasteiger partial charge >= 0.3 is 0 Å². The molecule has 3 rings (SSSR count). The van der Waals surface area contributed by atoms with Crippen LogP contribution in [-0.2, 0) is 13.5 Å². The van der Waals surface area contributed by atoms with E-state index in [4.69, 9.17) is 0 Å². The molecule has 0 bridgehead atoms. The molecule has 2 heterocycles. The molecule has 1 N–H and O–H groups in total. The Morgan fingerprint density at radius 1 is 1.23 bits per heavy atom. The van der Waals surface area contributed by atoms with Crippen LogP contribution >= 0.6 is 0 Å². The van der Waals surface area contributed by atoms with Crippen LogP contribution in [0, 0.1) is 0 Å². The topological polar surface area (TPSA) is 59.8 Å². The molecular formula is C17H18N4O. The molecule has 5 nitrogen and oxygen atoms in total. The zero-order chi connectivity index (χ0) is 15.4. The first-order valence-corrected chi connectivity index (χ1v) is 7.34. The third-order valence-corrected chi connectivity index (χ3v) is 3.62. The lowest BCUT2D eigenvalue weighted by Crippen LogP contribution is -2.25. The first-order chi connectivity index (χ1) is 10.8. The molecule has 0 saturated carbocycles. The van der Waals surface area contributed by atoms with E-state index in [-0.39, 0.29) is 5.91 Å². The quantitative estimate of drug-likeness (QED) is 0.735. The summed E-state index contributed by atoms with van der Waals surface area (Å²) in [5.41, 5.74) is 2.63. The molecule has 112 valence electrons. The van der Waals surface area contributed by atoms with Crippen molar-refractivity contribution in [2.24, 2.45) is 7.05 Å². The first kappa shape index (κ1) is 14.3. The maximum Gasteiger partial charge on any atom is 0.272 e. The first-order valence-electron chi connectivity index (χ1n) is 7.34. The van der Waals surface area contributed by atoms with Gasteiger partial charge in [0.2, 0.25) is 0 Å². The third kappa shape index (κ3) is 2.98. The van der Waals surface area contributed by atoms with Gasteiger partial charge < -0.3 is 5.32 Å². The molecule has 0 unspecified atom stereocenters. The SMILES string of the molecule is Cn1nc(C(=O)NCCCc2cccnc2)c2ccccc21. The number of nitrogens with zero attached hydrogens (tertiary/aromatic N) is 3. The molecule has 0 aliphatic rings. The van der Waals surface area contributed by atoms with Crippen LogP contribution < -0.4 is 5.32 Å². The zero-order valence-corrected chi connectivity index (χ0v) is 12.5. The number of nitrogens with one attached hydrogen (secondary N) is 1. The number of pyridine rings is 1. The summed E-state index contributed by atoms with van der Waals surface area (Å²) >= 11 is 0. The summed E-state index contributed by atoms with van der Waals surface area (Å²) in [6.45, 7) is 0.624. The molecule has 1 aromatic carbocycles. The van der Waals surface area contributed by atoms with Crippen molar-refractivity contribution in [1.29, 1.82) is 0 Å². The number of aryl methyl sites for hydroxylation is 2. The fraction of sp³-hybridized carbons (Fsp3) is 0.235. The maximum absolute atomic E-state index is 12.3. The van der Waals surface area contributed by atoms with Gasteiger partial charge in [-0.3, -0.25) is 14.5 Å². The van der Waals surface area contributed by atoms with Crippen molar-refractivity contribution < 1.29 is 4.79 Å². The Hall–Kier alpha value is -2.69. The van der Waals surface area contributed by atoms with Crippen molar-refractivity contribution in [2.75, 3.05) is 6.54 Å². The fourth-order valence-corrected chi connectivity index (χ4v) is 2.51. The molecule has 0 aliphatic carbocycles. The van der Waals surface area contributed by atoms with Crippen LogP contribution in [0.1, 0.15) is 22.5 Å². The van der Waals surface area contributed by atoms with Crippen LogP contribution in [0.5, 0.6) is 0 Å². The number of aromatic nitrogens is 3. The summed E-state index contributed by atoms with van der Waals surface area (Å²) < 4.78 is 1.74. The number of hydrogen-bond acceptors (Lipinski definition) is 3. The third-order valence-electron chi connectivity index (χ3n) is 3.62. The molecule has 0 aliphatic heterocycles. The van der Waals surface area contributed by atoms with E-state index in [0.29, 0.717) is 12.2 Å². The van der Waals surface area contributed by atoms with E-state index in [1.54, 1.807) is 10.9 Å². The van der Waals surface area contributed by atoms with Gasteiger partial charge in [-0.05, 0) is 30.5 Å². The van der Waals surface area contributed by atoms with Gasteiger partial charge in [-0.1, -0.05) is 24.3 Å². The lowest BCUT2D eigenvalue weighted by Gasteiger charge is -2.03. The van der Waals surface area contributed by atoms with E-state index in [1.807, 2.05) is 49.6 Å². The molecular weight excluding hydrogens is 276 g/mol. The van der Waals surface area contributed by atoms with Gasteiger partial charge in [-0.25, -0.2) is 0 Å². The second-order valence-corrected chi connectivity index (χ2v) is 5.21. The summed E-state index contributed by atoms with van der Waals surface area (Å²) in [5.74, 6) is -0.122. The highest BCUT2D eigenvalue weighted by Crippen LogP contribution is 2.17. The van der Waals surface area contributed by atoms with Gasteiger partial charge in [0.05, 0.1) is 5.52 Å². The Morgan fingerprint density at radius 2 is 2.09 bits per heavy atom. The minimum absolute atomic E-state index is 0.122. The summed E-state index contributed by atoms with van der Waals surface area (Å²) in [4.78, 5) is 16.4. The van der Waals surface area contributed by atoms with Crippen LogP contribution in [0.15, 0.2) is 48.8 Å². The fourth-order valence-electron chi connectivity index (χ4n) is 2.51. The normalized spacial score (nSPS) is 10.8. The van der Waals surface area contributed by atoms with Gasteiger partial charge in [0.1, 0.15) is 0 Å². The number of fused-ring (bicyclic) bond motifs is 1. The van der Waals surface area contributed by atoms with Crippen molar-refractivity contribution in [3.63, 3.8) is 0 Å². The highest BCUT2D eigenvalue weighted by molar-refractivity contribution is 6.04. The van der Waals surface area contributed by atoms with Crippen LogP contribution in [0.2, 0.25) is 0 Å². The predicted molar refractivity (Wildman–Crippen MR) is 85.6 cm³/mol. The standard InChI is InChI=1S/C17H18N4O/c1-21-15-9-3-2-8-14(15)16(20-21)17(22)19-11-5-7-13-6-4-10-18-12-13/h2-4,6,8-10,12H,5,7,11H2,1H3,(H,19,22). The van der Waals surface area contributed by atoms with Crippen LogP contribution in [0.25, 0.3) is 10.9 Å². The van der Waals surface area contributed by atoms with Crippen LogP contribution in [0.4, 0.5) is 0 Å². The van der Waals surface area contributed by atoms with Gasteiger partial charge in [-0.2, -0.15) is 5.10 Å². The molecule has 0 fully saturated rings.